The number of fused-ring (bicyclic) bond motifs is 1. The summed E-state index contributed by atoms with van der Waals surface area (Å²) in [5.74, 6) is -4.64. The second kappa shape index (κ2) is 10.5. The predicted molar refractivity (Wildman–Crippen MR) is 132 cm³/mol. The zero-order valence-electron chi connectivity index (χ0n) is 22.3. The van der Waals surface area contributed by atoms with Crippen molar-refractivity contribution >= 4 is 29.3 Å². The molecule has 1 aromatic carbocycles. The Labute approximate surface area is 224 Å². The van der Waals surface area contributed by atoms with E-state index in [0.717, 1.165) is 16.7 Å². The lowest BCUT2D eigenvalue weighted by Crippen LogP contribution is -2.58. The highest BCUT2D eigenvalue weighted by molar-refractivity contribution is 6.01. The standard InChI is InChI=1S/C26H32F3N5O5/c1-14(2)10-19(33(5)20(35)15(3)31-23(38)26(27,28)29)21(36)34-13-25(11-16(34)12-30)22(37)32-18-9-7-6-8-17(18)24(25,4)39/h6-9,14-16,19,39H,10-11,13H2,1-5H3,(H,31,38)(H,32,37)/t15-,16-,19-,24?,25+/m0/s1. The molecule has 2 aliphatic heterocycles. The van der Waals surface area contributed by atoms with E-state index in [-0.39, 0.29) is 25.3 Å². The number of anilines is 1. The predicted octanol–water partition coefficient (Wildman–Crippen LogP) is 1.90. The first-order chi connectivity index (χ1) is 18.0. The van der Waals surface area contributed by atoms with Gasteiger partial charge in [0.1, 0.15) is 29.1 Å². The number of halogens is 3. The van der Waals surface area contributed by atoms with Crippen LogP contribution in [0, 0.1) is 22.7 Å². The number of hydrogen-bond acceptors (Lipinski definition) is 6. The van der Waals surface area contributed by atoms with Crippen LogP contribution in [0.15, 0.2) is 24.3 Å². The highest BCUT2D eigenvalue weighted by Crippen LogP contribution is 2.53. The maximum atomic E-state index is 13.9. The van der Waals surface area contributed by atoms with Gasteiger partial charge in [-0.25, -0.2) is 0 Å². The summed E-state index contributed by atoms with van der Waals surface area (Å²) >= 11 is 0. The minimum Gasteiger partial charge on any atom is -0.384 e. The Balaban J connectivity index is 1.93. The second-order valence-corrected chi connectivity index (χ2v) is 10.8. The van der Waals surface area contributed by atoms with E-state index in [1.54, 1.807) is 43.4 Å². The molecule has 0 radical (unpaired) electrons. The van der Waals surface area contributed by atoms with Crippen LogP contribution >= 0.6 is 0 Å². The molecule has 10 nitrogen and oxygen atoms in total. The number of carbonyl (C=O) groups excluding carboxylic acids is 4. The number of benzene rings is 1. The molecule has 3 rings (SSSR count). The average molecular weight is 552 g/mol. The topological polar surface area (TPSA) is 143 Å². The number of nitriles is 1. The Morgan fingerprint density at radius 2 is 1.90 bits per heavy atom. The quantitative estimate of drug-likeness (QED) is 0.493. The van der Waals surface area contributed by atoms with Crippen molar-refractivity contribution in [3.8, 4) is 6.07 Å². The van der Waals surface area contributed by atoms with Gasteiger partial charge in [0.15, 0.2) is 0 Å². The molecule has 4 amide bonds. The highest BCUT2D eigenvalue weighted by atomic mass is 19.4. The fraction of sp³-hybridized carbons (Fsp3) is 0.577. The zero-order chi connectivity index (χ0) is 29.5. The number of nitrogens with zero attached hydrogens (tertiary/aromatic N) is 3. The SMILES string of the molecule is CC(C)C[C@@H](C(=O)N1C[C@]2(C[C@H]1C#N)C(=O)Nc1ccccc1C2(C)O)N(C)C(=O)[C@H](C)NC(=O)C(F)(F)F. The molecular formula is C26H32F3N5O5. The van der Waals surface area contributed by atoms with Crippen LogP contribution in [0.25, 0.3) is 0 Å². The Bertz CT molecular complexity index is 1210. The summed E-state index contributed by atoms with van der Waals surface area (Å²) in [6.45, 7) is 5.75. The van der Waals surface area contributed by atoms with Gasteiger partial charge in [0.25, 0.3) is 0 Å². The number of likely N-dealkylation sites (N-methyl/N-ethyl adjacent to an activating group) is 1. The zero-order valence-corrected chi connectivity index (χ0v) is 22.3. The van der Waals surface area contributed by atoms with E-state index in [9.17, 15) is 42.7 Å². The number of para-hydroxylation sites is 1. The van der Waals surface area contributed by atoms with Crippen molar-refractivity contribution in [3.63, 3.8) is 0 Å². The first-order valence-corrected chi connectivity index (χ1v) is 12.5. The van der Waals surface area contributed by atoms with E-state index in [1.165, 1.54) is 14.0 Å². The Hall–Kier alpha value is -3.66. The van der Waals surface area contributed by atoms with Gasteiger partial charge in [-0.2, -0.15) is 18.4 Å². The van der Waals surface area contributed by atoms with Crippen molar-refractivity contribution in [2.24, 2.45) is 11.3 Å². The van der Waals surface area contributed by atoms with Crippen molar-refractivity contribution in [1.82, 2.24) is 15.1 Å². The molecular weight excluding hydrogens is 519 g/mol. The third kappa shape index (κ3) is 5.30. The molecule has 0 aromatic heterocycles. The number of likely N-dealkylation sites (tertiary alicyclic amines) is 1. The molecule has 1 saturated heterocycles. The van der Waals surface area contributed by atoms with Gasteiger partial charge in [0.05, 0.1) is 6.07 Å². The van der Waals surface area contributed by atoms with Gasteiger partial charge in [-0.15, -0.1) is 0 Å². The molecule has 1 spiro atoms. The van der Waals surface area contributed by atoms with Crippen LogP contribution in [0.4, 0.5) is 18.9 Å². The molecule has 0 bridgehead atoms. The van der Waals surface area contributed by atoms with Crippen LogP contribution in [0.5, 0.6) is 0 Å². The lowest BCUT2D eigenvalue weighted by molar-refractivity contribution is -0.175. The van der Waals surface area contributed by atoms with Crippen LogP contribution in [0.2, 0.25) is 0 Å². The van der Waals surface area contributed by atoms with Crippen LogP contribution in [0.1, 0.15) is 46.1 Å². The van der Waals surface area contributed by atoms with E-state index in [2.05, 4.69) is 5.32 Å². The molecule has 5 atom stereocenters. The normalized spacial score (nSPS) is 25.9. The summed E-state index contributed by atoms with van der Waals surface area (Å²) < 4.78 is 38.1. The van der Waals surface area contributed by atoms with E-state index in [1.807, 2.05) is 6.07 Å². The molecule has 1 unspecified atom stereocenters. The fourth-order valence-electron chi connectivity index (χ4n) is 5.37. The Kier molecular flexibility index (Phi) is 8.03. The van der Waals surface area contributed by atoms with Gasteiger partial charge in [-0.3, -0.25) is 19.2 Å². The molecule has 2 aliphatic rings. The summed E-state index contributed by atoms with van der Waals surface area (Å²) in [7, 11) is 1.23. The maximum absolute atomic E-state index is 13.9. The Morgan fingerprint density at radius 3 is 2.46 bits per heavy atom. The summed E-state index contributed by atoms with van der Waals surface area (Å²) in [5, 5.41) is 25.9. The van der Waals surface area contributed by atoms with E-state index < -0.39 is 58.9 Å². The van der Waals surface area contributed by atoms with Crippen molar-refractivity contribution in [2.75, 3.05) is 18.9 Å². The van der Waals surface area contributed by atoms with Gasteiger partial charge < -0.3 is 25.5 Å². The van der Waals surface area contributed by atoms with Crippen molar-refractivity contribution < 1.29 is 37.5 Å². The van der Waals surface area contributed by atoms with E-state index in [4.69, 9.17) is 0 Å². The molecule has 0 aliphatic carbocycles. The number of rotatable bonds is 6. The highest BCUT2D eigenvalue weighted by Gasteiger charge is 2.64. The van der Waals surface area contributed by atoms with E-state index in [0.29, 0.717) is 11.3 Å². The number of hydrogen-bond donors (Lipinski definition) is 3. The number of alkyl halides is 3. The number of carbonyl (C=O) groups is 4. The third-order valence-electron chi connectivity index (χ3n) is 7.63. The van der Waals surface area contributed by atoms with Gasteiger partial charge >= 0.3 is 12.1 Å². The third-order valence-corrected chi connectivity index (χ3v) is 7.63. The minimum atomic E-state index is -5.19. The average Bonchev–Trinajstić information content (AvgIpc) is 3.26. The molecule has 0 saturated carbocycles. The van der Waals surface area contributed by atoms with Gasteiger partial charge in [-0.1, -0.05) is 32.0 Å². The molecule has 39 heavy (non-hydrogen) atoms. The van der Waals surface area contributed by atoms with Gasteiger partial charge in [0, 0.05) is 31.3 Å². The van der Waals surface area contributed by atoms with Crippen LogP contribution < -0.4 is 10.6 Å². The smallest absolute Gasteiger partial charge is 0.384 e. The first kappa shape index (κ1) is 29.9. The fourth-order valence-corrected chi connectivity index (χ4v) is 5.37. The summed E-state index contributed by atoms with van der Waals surface area (Å²) in [5.41, 5.74) is -2.48. The number of aliphatic hydroxyl groups is 1. The number of amides is 4. The molecule has 3 N–H and O–H groups in total. The Morgan fingerprint density at radius 1 is 1.28 bits per heavy atom. The van der Waals surface area contributed by atoms with Gasteiger partial charge in [0.2, 0.25) is 17.7 Å². The van der Waals surface area contributed by atoms with E-state index >= 15 is 0 Å². The van der Waals surface area contributed by atoms with Crippen LogP contribution in [-0.2, 0) is 24.8 Å². The molecule has 13 heteroatoms. The summed E-state index contributed by atoms with van der Waals surface area (Å²) in [6, 6.07) is 4.75. The lowest BCUT2D eigenvalue weighted by Gasteiger charge is -2.45. The molecule has 1 fully saturated rings. The number of nitrogens with one attached hydrogen (secondary N) is 2. The molecule has 212 valence electrons. The monoisotopic (exact) mass is 551 g/mol. The van der Waals surface area contributed by atoms with Crippen molar-refractivity contribution in [3.05, 3.63) is 29.8 Å². The van der Waals surface area contributed by atoms with Gasteiger partial charge in [-0.05, 0) is 32.3 Å². The van der Waals surface area contributed by atoms with Crippen molar-refractivity contribution in [1.29, 1.82) is 5.26 Å². The van der Waals surface area contributed by atoms with Crippen LogP contribution in [0.3, 0.4) is 0 Å². The summed E-state index contributed by atoms with van der Waals surface area (Å²) in [6.07, 6.45) is -5.28. The van der Waals surface area contributed by atoms with Crippen molar-refractivity contribution in [2.45, 2.75) is 70.4 Å². The maximum Gasteiger partial charge on any atom is 0.471 e. The summed E-state index contributed by atoms with van der Waals surface area (Å²) in [4.78, 5) is 53.7. The largest absolute Gasteiger partial charge is 0.471 e. The second-order valence-electron chi connectivity index (χ2n) is 10.8. The van der Waals surface area contributed by atoms with Crippen LogP contribution in [-0.4, -0.2) is 76.4 Å². The molecule has 1 aromatic rings. The molecule has 2 heterocycles. The minimum absolute atomic E-state index is 0.0914. The lowest BCUT2D eigenvalue weighted by atomic mass is 9.65. The first-order valence-electron chi connectivity index (χ1n) is 12.5.